The van der Waals surface area contributed by atoms with Crippen molar-refractivity contribution >= 4 is 34.6 Å². The van der Waals surface area contributed by atoms with Gasteiger partial charge in [-0.2, -0.15) is 0 Å². The molecule has 0 bridgehead atoms. The summed E-state index contributed by atoms with van der Waals surface area (Å²) in [4.78, 5) is 1.88. The zero-order chi connectivity index (χ0) is 13.1. The first-order valence-electron chi connectivity index (χ1n) is 5.33. The molecule has 94 valence electrons. The second-order valence-corrected chi connectivity index (χ2v) is 4.31. The fraction of sp³-hybridized carbons (Fsp3) is 0.167. The minimum Gasteiger partial charge on any atom is -0.339 e. The Morgan fingerprint density at radius 2 is 1.83 bits per heavy atom. The minimum atomic E-state index is -0.285. The third kappa shape index (κ3) is 2.71. The van der Waals surface area contributed by atoms with Crippen molar-refractivity contribution in [2.75, 3.05) is 11.4 Å². The van der Waals surface area contributed by atoms with Crippen LogP contribution < -0.4 is 4.90 Å². The zero-order valence-corrected chi connectivity index (χ0v) is 11.1. The van der Waals surface area contributed by atoms with Gasteiger partial charge in [-0.25, -0.2) is 4.39 Å². The number of hydrogen-bond acceptors (Lipinski definition) is 3. The second-order valence-electron chi connectivity index (χ2n) is 3.56. The van der Waals surface area contributed by atoms with E-state index in [0.29, 0.717) is 12.2 Å². The molecule has 0 saturated heterocycles. The van der Waals surface area contributed by atoms with Gasteiger partial charge >= 0.3 is 0 Å². The Kier molecular flexibility index (Phi) is 3.99. The minimum absolute atomic E-state index is 0.255. The maximum atomic E-state index is 12.9. The van der Waals surface area contributed by atoms with Gasteiger partial charge in [-0.3, -0.25) is 0 Å². The highest BCUT2D eigenvalue weighted by Gasteiger charge is 2.13. The summed E-state index contributed by atoms with van der Waals surface area (Å²) in [7, 11) is 0. The maximum Gasteiger partial charge on any atom is 0.175 e. The quantitative estimate of drug-likeness (QED) is 0.851. The molecule has 0 atom stereocenters. The van der Waals surface area contributed by atoms with Crippen molar-refractivity contribution in [3.63, 3.8) is 0 Å². The third-order valence-electron chi connectivity index (χ3n) is 2.45. The van der Waals surface area contributed by atoms with E-state index in [1.807, 2.05) is 11.8 Å². The van der Waals surface area contributed by atoms with Crippen LogP contribution in [0.5, 0.6) is 0 Å². The summed E-state index contributed by atoms with van der Waals surface area (Å²) in [5.41, 5.74) is 1.45. The van der Waals surface area contributed by atoms with Crippen LogP contribution in [0.15, 0.2) is 30.3 Å². The van der Waals surface area contributed by atoms with Crippen molar-refractivity contribution in [1.82, 2.24) is 10.2 Å². The van der Waals surface area contributed by atoms with Crippen LogP contribution in [0.25, 0.3) is 0 Å². The molecule has 6 heteroatoms. The normalized spacial score (nSPS) is 10.4. The maximum absolute atomic E-state index is 12.9. The Bertz CT molecular complexity index is 546. The number of benzene rings is 1. The molecule has 0 aliphatic carbocycles. The lowest BCUT2D eigenvalue weighted by Gasteiger charge is -2.23. The van der Waals surface area contributed by atoms with E-state index in [1.165, 1.54) is 12.1 Å². The molecule has 2 aromatic rings. The van der Waals surface area contributed by atoms with Gasteiger partial charge in [0.05, 0.1) is 5.69 Å². The topological polar surface area (TPSA) is 29.0 Å². The first-order chi connectivity index (χ1) is 8.61. The molecule has 0 spiro atoms. The van der Waals surface area contributed by atoms with Crippen LogP contribution in [0, 0.1) is 5.82 Å². The Morgan fingerprint density at radius 1 is 1.17 bits per heavy atom. The van der Waals surface area contributed by atoms with Crippen LogP contribution in [0.3, 0.4) is 0 Å². The van der Waals surface area contributed by atoms with Crippen molar-refractivity contribution in [3.8, 4) is 0 Å². The molecule has 1 aromatic heterocycles. The number of rotatable bonds is 3. The average Bonchev–Trinajstić information content (AvgIpc) is 2.37. The summed E-state index contributed by atoms with van der Waals surface area (Å²) in [5, 5.41) is 7.93. The molecule has 0 saturated carbocycles. The Morgan fingerprint density at radius 3 is 2.44 bits per heavy atom. The number of halogens is 3. The van der Waals surface area contributed by atoms with E-state index in [1.54, 1.807) is 18.2 Å². The van der Waals surface area contributed by atoms with E-state index >= 15 is 0 Å². The van der Waals surface area contributed by atoms with Gasteiger partial charge in [0, 0.05) is 18.3 Å². The molecule has 0 radical (unpaired) electrons. The highest BCUT2D eigenvalue weighted by Crippen LogP contribution is 2.31. The Labute approximate surface area is 114 Å². The van der Waals surface area contributed by atoms with E-state index in [9.17, 15) is 4.39 Å². The van der Waals surface area contributed by atoms with E-state index in [2.05, 4.69) is 10.2 Å². The molecule has 18 heavy (non-hydrogen) atoms. The van der Waals surface area contributed by atoms with Gasteiger partial charge in [0.2, 0.25) is 0 Å². The monoisotopic (exact) mass is 285 g/mol. The summed E-state index contributed by atoms with van der Waals surface area (Å²) >= 11 is 11.8. The first-order valence-corrected chi connectivity index (χ1v) is 6.09. The van der Waals surface area contributed by atoms with Gasteiger partial charge < -0.3 is 4.90 Å². The van der Waals surface area contributed by atoms with Crippen molar-refractivity contribution in [2.45, 2.75) is 6.92 Å². The first kappa shape index (κ1) is 13.1. The van der Waals surface area contributed by atoms with Crippen LogP contribution in [-0.2, 0) is 0 Å². The molecule has 2 rings (SSSR count). The van der Waals surface area contributed by atoms with Gasteiger partial charge in [-0.1, -0.05) is 23.2 Å². The van der Waals surface area contributed by atoms with Crippen LogP contribution >= 0.6 is 23.2 Å². The predicted octanol–water partition coefficient (Wildman–Crippen LogP) is 4.08. The standard InChI is InChI=1S/C12H10Cl2FN3/c1-2-18(9-5-3-8(15)4-6-9)10-7-11(13)16-17-12(10)14/h3-7H,2H2,1H3. The Balaban J connectivity index is 2.44. The smallest absolute Gasteiger partial charge is 0.175 e. The van der Waals surface area contributed by atoms with Crippen LogP contribution in [-0.4, -0.2) is 16.7 Å². The summed E-state index contributed by atoms with van der Waals surface area (Å²) in [6, 6.07) is 7.75. The van der Waals surface area contributed by atoms with E-state index in [-0.39, 0.29) is 16.1 Å². The van der Waals surface area contributed by atoms with E-state index < -0.39 is 0 Å². The van der Waals surface area contributed by atoms with Crippen molar-refractivity contribution in [2.24, 2.45) is 0 Å². The molecule has 1 aromatic carbocycles. The van der Waals surface area contributed by atoms with Crippen LogP contribution in [0.2, 0.25) is 10.3 Å². The average molecular weight is 286 g/mol. The lowest BCUT2D eigenvalue weighted by atomic mass is 10.2. The summed E-state index contributed by atoms with van der Waals surface area (Å²) in [5.74, 6) is -0.285. The van der Waals surface area contributed by atoms with Crippen molar-refractivity contribution in [1.29, 1.82) is 0 Å². The molecule has 0 aliphatic rings. The van der Waals surface area contributed by atoms with Crippen LogP contribution in [0.1, 0.15) is 6.92 Å². The predicted molar refractivity (Wildman–Crippen MR) is 71.1 cm³/mol. The van der Waals surface area contributed by atoms with Gasteiger partial charge in [-0.15, -0.1) is 10.2 Å². The van der Waals surface area contributed by atoms with E-state index in [0.717, 1.165) is 5.69 Å². The molecule has 0 aliphatic heterocycles. The van der Waals surface area contributed by atoms with Crippen LogP contribution in [0.4, 0.5) is 15.8 Å². The van der Waals surface area contributed by atoms with Crippen molar-refractivity contribution in [3.05, 3.63) is 46.5 Å². The molecule has 0 amide bonds. The fourth-order valence-corrected chi connectivity index (χ4v) is 1.98. The number of aromatic nitrogens is 2. The largest absolute Gasteiger partial charge is 0.339 e. The van der Waals surface area contributed by atoms with Gasteiger partial charge in [0.1, 0.15) is 5.82 Å². The molecule has 0 N–H and O–H groups in total. The third-order valence-corrected chi connectivity index (χ3v) is 2.90. The highest BCUT2D eigenvalue weighted by atomic mass is 35.5. The fourth-order valence-electron chi connectivity index (χ4n) is 1.65. The second kappa shape index (κ2) is 5.50. The molecular formula is C12H10Cl2FN3. The molecule has 0 unspecified atom stereocenters. The summed E-state index contributed by atoms with van der Waals surface area (Å²) < 4.78 is 12.9. The Hall–Kier alpha value is -1.39. The highest BCUT2D eigenvalue weighted by molar-refractivity contribution is 6.33. The number of anilines is 2. The molecule has 0 fully saturated rings. The molecule has 3 nitrogen and oxygen atoms in total. The van der Waals surface area contributed by atoms with Gasteiger partial charge in [0.25, 0.3) is 0 Å². The molecular weight excluding hydrogens is 276 g/mol. The van der Waals surface area contributed by atoms with Gasteiger partial charge in [0.15, 0.2) is 10.3 Å². The zero-order valence-electron chi connectivity index (χ0n) is 9.57. The van der Waals surface area contributed by atoms with Crippen molar-refractivity contribution < 1.29 is 4.39 Å². The lowest BCUT2D eigenvalue weighted by Crippen LogP contribution is -2.17. The molecule has 1 heterocycles. The van der Waals surface area contributed by atoms with Gasteiger partial charge in [-0.05, 0) is 31.2 Å². The number of nitrogens with zero attached hydrogens (tertiary/aromatic N) is 3. The number of hydrogen-bond donors (Lipinski definition) is 0. The summed E-state index contributed by atoms with van der Waals surface area (Å²) in [6.07, 6.45) is 0. The summed E-state index contributed by atoms with van der Waals surface area (Å²) in [6.45, 7) is 2.60. The lowest BCUT2D eigenvalue weighted by molar-refractivity contribution is 0.628. The van der Waals surface area contributed by atoms with E-state index in [4.69, 9.17) is 23.2 Å². The SMILES string of the molecule is CCN(c1ccc(F)cc1)c1cc(Cl)nnc1Cl.